The van der Waals surface area contributed by atoms with Gasteiger partial charge in [0.25, 0.3) is 6.71 Å². The Bertz CT molecular complexity index is 4470. The number of benzene rings is 9. The van der Waals surface area contributed by atoms with Crippen molar-refractivity contribution in [1.29, 1.82) is 0 Å². The fourth-order valence-corrected chi connectivity index (χ4v) is 11.8. The lowest BCUT2D eigenvalue weighted by Gasteiger charge is -2.44. The Morgan fingerprint density at radius 1 is 0.385 bits per heavy atom. The molecule has 0 amide bonds. The van der Waals surface area contributed by atoms with Crippen LogP contribution in [-0.4, -0.2) is 21.2 Å². The third-order valence-electron chi connectivity index (χ3n) is 15.8. The number of nitrogens with zero attached hydrogens (tertiary/aromatic N) is 5. The molecule has 9 aromatic carbocycles. The van der Waals surface area contributed by atoms with Crippen LogP contribution >= 0.6 is 0 Å². The minimum atomic E-state index is -0.457. The van der Waals surface area contributed by atoms with Gasteiger partial charge in [0.15, 0.2) is 0 Å². The molecule has 2 aliphatic heterocycles. The van der Waals surface area contributed by atoms with Crippen molar-refractivity contribution in [3.05, 3.63) is 254 Å². The molecule has 5 nitrogen and oxygen atoms in total. The highest BCUT2D eigenvalue weighted by Gasteiger charge is 2.44. The minimum Gasteiger partial charge on any atom is -0.311 e. The third-order valence-corrected chi connectivity index (χ3v) is 15.8. The zero-order chi connectivity index (χ0) is 59.8. The predicted octanol–water partition coefficient (Wildman–Crippen LogP) is 16.9. The molecule has 2 aliphatic rings. The molecule has 0 unspecified atom stereocenters. The number of anilines is 6. The number of pyridine rings is 2. The van der Waals surface area contributed by atoms with Gasteiger partial charge in [-0.25, -0.2) is 0 Å². The van der Waals surface area contributed by atoms with E-state index in [-0.39, 0.29) is 58.5 Å². The molecule has 0 N–H and O–H groups in total. The van der Waals surface area contributed by atoms with Crippen LogP contribution in [0, 0.1) is 0 Å². The van der Waals surface area contributed by atoms with Crippen molar-refractivity contribution < 1.29 is 11.0 Å². The van der Waals surface area contributed by atoms with E-state index in [1.165, 1.54) is 11.1 Å². The van der Waals surface area contributed by atoms with Crippen LogP contribution in [0.15, 0.2) is 243 Å². The van der Waals surface area contributed by atoms with E-state index in [1.807, 2.05) is 60.7 Å². The smallest absolute Gasteiger partial charge is 0.252 e. The molecule has 0 saturated heterocycles. The maximum Gasteiger partial charge on any atom is 0.252 e. The highest BCUT2D eigenvalue weighted by atomic mass is 15.2. The van der Waals surface area contributed by atoms with Crippen LogP contribution < -0.4 is 26.2 Å². The summed E-state index contributed by atoms with van der Waals surface area (Å²) in [4.78, 5) is 12.9. The summed E-state index contributed by atoms with van der Waals surface area (Å²) in [6, 6.07) is 66.7. The van der Waals surface area contributed by atoms with E-state index in [2.05, 4.69) is 199 Å². The summed E-state index contributed by atoms with van der Waals surface area (Å²) in [7, 11) is 0. The maximum absolute atomic E-state index is 9.21. The van der Waals surface area contributed by atoms with Crippen molar-refractivity contribution in [2.45, 2.75) is 52.4 Å². The molecule has 14 rings (SSSR count). The van der Waals surface area contributed by atoms with Crippen molar-refractivity contribution in [3.8, 4) is 50.2 Å². The molecule has 374 valence electrons. The Morgan fingerprint density at radius 2 is 0.795 bits per heavy atom. The number of fused-ring (bicyclic) bond motifs is 7. The second kappa shape index (κ2) is 18.2. The number of rotatable bonds is 7. The SMILES string of the molecule is [2H]c1nc([2H])c(-c2ccc3c(c2)N(c2ccc(-c4ccccc4)cc2)c2cc(-n4c5ccc(C(C)(C)C)cc5c5cc(C(C)(C)C)ccc54)cc4c2B3c2ccc(-c3c([2H])nc([2H])c([2H])c3[2H])cc2N4c2ccc(-c3ccccc3)cc2)c([2H])c1[2H]. The van der Waals surface area contributed by atoms with Gasteiger partial charge in [-0.15, -0.1) is 0 Å². The van der Waals surface area contributed by atoms with E-state index in [0.29, 0.717) is 11.1 Å². The van der Waals surface area contributed by atoms with E-state index >= 15 is 0 Å². The lowest BCUT2D eigenvalue weighted by Crippen LogP contribution is -2.61. The van der Waals surface area contributed by atoms with Gasteiger partial charge in [-0.05, 0) is 157 Å². The Kier molecular flexibility index (Phi) is 9.14. The molecule has 12 aromatic rings. The van der Waals surface area contributed by atoms with Crippen LogP contribution in [0.25, 0.3) is 72.0 Å². The molecule has 6 heteroatoms. The summed E-state index contributed by atoms with van der Waals surface area (Å²) in [6.45, 7) is 13.0. The van der Waals surface area contributed by atoms with Gasteiger partial charge in [0, 0.05) is 80.7 Å². The second-order valence-electron chi connectivity index (χ2n) is 22.6. The van der Waals surface area contributed by atoms with Crippen molar-refractivity contribution in [2.75, 3.05) is 9.80 Å². The van der Waals surface area contributed by atoms with Crippen molar-refractivity contribution in [3.63, 3.8) is 0 Å². The molecule has 0 fully saturated rings. The topological polar surface area (TPSA) is 37.2 Å². The van der Waals surface area contributed by atoms with Gasteiger partial charge >= 0.3 is 0 Å². The zero-order valence-electron chi connectivity index (χ0n) is 52.3. The highest BCUT2D eigenvalue weighted by Crippen LogP contribution is 2.48. The van der Waals surface area contributed by atoms with Crippen LogP contribution in [0.4, 0.5) is 34.1 Å². The van der Waals surface area contributed by atoms with Gasteiger partial charge < -0.3 is 14.4 Å². The summed E-state index contributed by atoms with van der Waals surface area (Å²) in [5.74, 6) is 0. The molecule has 0 saturated carbocycles. The first-order valence-electron chi connectivity index (χ1n) is 30.6. The van der Waals surface area contributed by atoms with Crippen molar-refractivity contribution in [1.82, 2.24) is 14.5 Å². The highest BCUT2D eigenvalue weighted by molar-refractivity contribution is 7.00. The average molecular weight is 1010 g/mol. The van der Waals surface area contributed by atoms with Crippen LogP contribution in [0.5, 0.6) is 0 Å². The summed E-state index contributed by atoms with van der Waals surface area (Å²) >= 11 is 0. The summed E-state index contributed by atoms with van der Waals surface area (Å²) in [5.41, 5.74) is 18.5. The van der Waals surface area contributed by atoms with E-state index in [9.17, 15) is 2.74 Å². The summed E-state index contributed by atoms with van der Waals surface area (Å²) < 4.78 is 73.2. The molecule has 0 atom stereocenters. The predicted molar refractivity (Wildman–Crippen MR) is 330 cm³/mol. The fourth-order valence-electron chi connectivity index (χ4n) is 11.8. The third kappa shape index (κ3) is 7.93. The second-order valence-corrected chi connectivity index (χ2v) is 22.6. The molecule has 0 bridgehead atoms. The monoisotopic (exact) mass is 1010 g/mol. The van der Waals surface area contributed by atoms with Crippen molar-refractivity contribution in [2.24, 2.45) is 0 Å². The first-order valence-corrected chi connectivity index (χ1v) is 26.6. The van der Waals surface area contributed by atoms with E-state index in [1.54, 1.807) is 0 Å². The fraction of sp³-hybridized carbons (Fsp3) is 0.111. The maximum atomic E-state index is 9.21. The molecule has 5 heterocycles. The zero-order valence-corrected chi connectivity index (χ0v) is 44.3. The molecule has 0 spiro atoms. The standard InChI is InChI=1S/C72H58BN5/c1-71(2,3)55-27-35-64-60(41-55)61-42-56(72(4,5)6)28-36-65(61)78(64)59-43-68-70-69(44-59)77(58-31-23-50(24-32-58)48-17-11-8-12-18-48)67-40-52(54-20-14-38-75-46-54)26-34-63(67)73(70)62-33-25-51(53-19-13-37-74-45-53)39-66(62)76(68)57-29-21-49(22-30-57)47-15-9-7-10-16-47/h7-46H,1-6H3/i13D,14D,19D,20D,37D,38D,45D,46D. The van der Waals surface area contributed by atoms with Crippen LogP contribution in [0.2, 0.25) is 0 Å². The number of hydrogen-bond acceptors (Lipinski definition) is 4. The van der Waals surface area contributed by atoms with Gasteiger partial charge in [0.05, 0.1) is 27.7 Å². The lowest BCUT2D eigenvalue weighted by atomic mass is 9.33. The quantitative estimate of drug-likeness (QED) is 0.149. The Balaban J connectivity index is 1.12. The first kappa shape index (κ1) is 39.2. The van der Waals surface area contributed by atoms with Gasteiger partial charge in [-0.3, -0.25) is 9.97 Å². The largest absolute Gasteiger partial charge is 0.311 e. The van der Waals surface area contributed by atoms with Gasteiger partial charge in [0.1, 0.15) is 0 Å². The van der Waals surface area contributed by atoms with Gasteiger partial charge in [0.2, 0.25) is 0 Å². The van der Waals surface area contributed by atoms with E-state index in [4.69, 9.17) is 8.22 Å². The normalized spacial score (nSPS) is 14.4. The molecule has 3 aromatic heterocycles. The van der Waals surface area contributed by atoms with Gasteiger partial charge in [-0.1, -0.05) is 175 Å². The number of hydrogen-bond donors (Lipinski definition) is 0. The molecule has 78 heavy (non-hydrogen) atoms. The van der Waals surface area contributed by atoms with Crippen molar-refractivity contribution >= 4 is 79.0 Å². The summed E-state index contributed by atoms with van der Waals surface area (Å²) in [6.07, 6.45) is -1.38. The Morgan fingerprint density at radius 3 is 1.22 bits per heavy atom. The Hall–Kier alpha value is -9.26. The Labute approximate surface area is 469 Å². The molecular weight excluding hydrogens is 946 g/mol. The van der Waals surface area contributed by atoms with E-state index in [0.717, 1.165) is 100 Å². The lowest BCUT2D eigenvalue weighted by molar-refractivity contribution is 0.590. The minimum absolute atomic E-state index is 0.132. The molecular formula is C72H58BN5. The summed E-state index contributed by atoms with van der Waals surface area (Å²) in [5, 5.41) is 2.26. The van der Waals surface area contributed by atoms with Gasteiger partial charge in [-0.2, -0.15) is 0 Å². The first-order chi connectivity index (χ1) is 41.2. The van der Waals surface area contributed by atoms with E-state index < -0.39 is 19.1 Å². The van der Waals surface area contributed by atoms with Crippen LogP contribution in [0.3, 0.4) is 0 Å². The molecule has 0 aliphatic carbocycles. The number of aromatic nitrogens is 3. The average Bonchev–Trinajstić information content (AvgIpc) is 0.851. The van der Waals surface area contributed by atoms with Crippen LogP contribution in [-0.2, 0) is 10.8 Å². The molecule has 0 radical (unpaired) electrons. The van der Waals surface area contributed by atoms with Crippen LogP contribution in [0.1, 0.15) is 63.6 Å².